The lowest BCUT2D eigenvalue weighted by Gasteiger charge is -2.32. The van der Waals surface area contributed by atoms with Crippen LogP contribution >= 0.6 is 0 Å². The lowest BCUT2D eigenvalue weighted by atomic mass is 9.76. The zero-order valence-electron chi connectivity index (χ0n) is 19.0. The average molecular weight is 382 g/mol. The summed E-state index contributed by atoms with van der Waals surface area (Å²) < 4.78 is 0. The Kier molecular flexibility index (Phi) is 13.0. The molecule has 1 aliphatic carbocycles. The van der Waals surface area contributed by atoms with Gasteiger partial charge in [0.05, 0.1) is 0 Å². The zero-order valence-corrected chi connectivity index (χ0v) is 19.0. The van der Waals surface area contributed by atoms with Crippen LogP contribution in [0.15, 0.2) is 0 Å². The molecular weight excluding hydrogens is 334 g/mol. The molecule has 0 radical (unpaired) electrons. The minimum absolute atomic E-state index is 0.416. The van der Waals surface area contributed by atoms with Gasteiger partial charge >= 0.3 is 0 Å². The van der Waals surface area contributed by atoms with Crippen LogP contribution in [-0.4, -0.2) is 75.0 Å². The van der Waals surface area contributed by atoms with Gasteiger partial charge in [0.2, 0.25) is 5.91 Å². The predicted octanol–water partition coefficient (Wildman–Crippen LogP) is 4.50. The Morgan fingerprint density at radius 2 is 1.41 bits per heavy atom. The lowest BCUT2D eigenvalue weighted by molar-refractivity contribution is -0.133. The molecule has 1 saturated carbocycles. The van der Waals surface area contributed by atoms with E-state index in [-0.39, 0.29) is 0 Å². The molecule has 1 amide bonds. The fourth-order valence-electron chi connectivity index (χ4n) is 4.45. The highest BCUT2D eigenvalue weighted by atomic mass is 16.2. The van der Waals surface area contributed by atoms with E-state index in [4.69, 9.17) is 0 Å². The Bertz CT molecular complexity index is 364. The van der Waals surface area contributed by atoms with Crippen LogP contribution in [-0.2, 0) is 4.79 Å². The highest BCUT2D eigenvalue weighted by molar-refractivity contribution is 5.76. The van der Waals surface area contributed by atoms with Gasteiger partial charge in [0.25, 0.3) is 0 Å². The first-order chi connectivity index (χ1) is 12.9. The summed E-state index contributed by atoms with van der Waals surface area (Å²) in [6, 6.07) is 0. The van der Waals surface area contributed by atoms with Gasteiger partial charge in [-0.1, -0.05) is 51.9 Å². The van der Waals surface area contributed by atoms with Crippen LogP contribution in [0.1, 0.15) is 77.6 Å². The Labute approximate surface area is 169 Å². The van der Waals surface area contributed by atoms with Crippen LogP contribution in [0, 0.1) is 11.8 Å². The van der Waals surface area contributed by atoms with Crippen molar-refractivity contribution >= 4 is 5.91 Å². The van der Waals surface area contributed by atoms with Crippen molar-refractivity contribution in [3.8, 4) is 0 Å². The topological polar surface area (TPSA) is 26.8 Å². The summed E-state index contributed by atoms with van der Waals surface area (Å²) in [5.74, 6) is 1.82. The van der Waals surface area contributed by atoms with Crippen molar-refractivity contribution in [1.82, 2.24) is 14.7 Å². The second-order valence-corrected chi connectivity index (χ2v) is 9.20. The van der Waals surface area contributed by atoms with E-state index in [9.17, 15) is 4.79 Å². The molecule has 4 nitrogen and oxygen atoms in total. The molecule has 1 rings (SSSR count). The van der Waals surface area contributed by atoms with Crippen molar-refractivity contribution in [1.29, 1.82) is 0 Å². The SMILES string of the molecule is CCCCC(CC(=O)N(CCCN(C)C)CCCN(C)C)C1CCCCC1. The second-order valence-electron chi connectivity index (χ2n) is 9.20. The Balaban J connectivity index is 2.63. The maximum absolute atomic E-state index is 13.2. The molecule has 1 fully saturated rings. The summed E-state index contributed by atoms with van der Waals surface area (Å²) in [6.45, 7) is 6.21. The highest BCUT2D eigenvalue weighted by Crippen LogP contribution is 2.35. The number of amides is 1. The van der Waals surface area contributed by atoms with E-state index in [2.05, 4.69) is 49.8 Å². The number of nitrogens with zero attached hydrogens (tertiary/aromatic N) is 3. The summed E-state index contributed by atoms with van der Waals surface area (Å²) in [5, 5.41) is 0. The minimum atomic E-state index is 0.416. The monoisotopic (exact) mass is 381 g/mol. The first-order valence-corrected chi connectivity index (χ1v) is 11.5. The fraction of sp³-hybridized carbons (Fsp3) is 0.957. The van der Waals surface area contributed by atoms with Crippen molar-refractivity contribution in [2.24, 2.45) is 11.8 Å². The molecule has 1 unspecified atom stereocenters. The summed E-state index contributed by atoms with van der Waals surface area (Å²) in [6.07, 6.45) is 13.5. The summed E-state index contributed by atoms with van der Waals surface area (Å²) in [7, 11) is 8.45. The van der Waals surface area contributed by atoms with E-state index in [1.807, 2.05) is 0 Å². The largest absolute Gasteiger partial charge is 0.343 e. The molecule has 0 aliphatic heterocycles. The van der Waals surface area contributed by atoms with Gasteiger partial charge in [-0.3, -0.25) is 4.79 Å². The molecule has 0 N–H and O–H groups in total. The minimum Gasteiger partial charge on any atom is -0.343 e. The van der Waals surface area contributed by atoms with Gasteiger partial charge in [0.15, 0.2) is 0 Å². The Morgan fingerprint density at radius 3 is 1.89 bits per heavy atom. The van der Waals surface area contributed by atoms with Crippen molar-refractivity contribution in [3.05, 3.63) is 0 Å². The molecule has 0 heterocycles. The smallest absolute Gasteiger partial charge is 0.222 e. The van der Waals surface area contributed by atoms with Crippen LogP contribution in [0.5, 0.6) is 0 Å². The molecule has 1 aliphatic rings. The lowest BCUT2D eigenvalue weighted by Crippen LogP contribution is -2.37. The molecule has 0 aromatic carbocycles. The maximum atomic E-state index is 13.2. The second kappa shape index (κ2) is 14.4. The van der Waals surface area contributed by atoms with Gasteiger partial charge in [-0.15, -0.1) is 0 Å². The summed E-state index contributed by atoms with van der Waals surface area (Å²) in [4.78, 5) is 19.8. The Morgan fingerprint density at radius 1 is 0.852 bits per heavy atom. The normalized spacial score (nSPS) is 16.9. The Hall–Kier alpha value is -0.610. The van der Waals surface area contributed by atoms with E-state index in [0.717, 1.165) is 51.4 Å². The van der Waals surface area contributed by atoms with E-state index < -0.39 is 0 Å². The van der Waals surface area contributed by atoms with Gasteiger partial charge in [-0.25, -0.2) is 0 Å². The van der Waals surface area contributed by atoms with E-state index in [1.54, 1.807) is 0 Å². The summed E-state index contributed by atoms with van der Waals surface area (Å²) >= 11 is 0. The number of hydrogen-bond acceptors (Lipinski definition) is 3. The first kappa shape index (κ1) is 24.4. The third kappa shape index (κ3) is 11.1. The summed E-state index contributed by atoms with van der Waals surface area (Å²) in [5.41, 5.74) is 0. The van der Waals surface area contributed by atoms with Crippen molar-refractivity contribution in [3.63, 3.8) is 0 Å². The van der Waals surface area contributed by atoms with Crippen LogP contribution in [0.3, 0.4) is 0 Å². The van der Waals surface area contributed by atoms with Crippen molar-refractivity contribution in [2.45, 2.75) is 77.6 Å². The average Bonchev–Trinajstić information content (AvgIpc) is 2.63. The van der Waals surface area contributed by atoms with Gasteiger partial charge in [-0.2, -0.15) is 0 Å². The third-order valence-electron chi connectivity index (χ3n) is 6.10. The number of hydrogen-bond donors (Lipinski definition) is 0. The van der Waals surface area contributed by atoms with Crippen LogP contribution in [0.2, 0.25) is 0 Å². The standard InChI is InChI=1S/C23H47N3O/c1-6-7-13-22(21-14-9-8-10-15-21)20-23(27)26(18-11-16-24(2)3)19-12-17-25(4)5/h21-22H,6-20H2,1-5H3. The molecule has 160 valence electrons. The van der Waals surface area contributed by atoms with Crippen LogP contribution in [0.25, 0.3) is 0 Å². The van der Waals surface area contributed by atoms with Gasteiger partial charge in [0.1, 0.15) is 0 Å². The molecule has 0 spiro atoms. The number of rotatable bonds is 14. The zero-order chi connectivity index (χ0) is 20.1. The number of carbonyl (C=O) groups excluding carboxylic acids is 1. The van der Waals surface area contributed by atoms with Crippen LogP contribution < -0.4 is 0 Å². The molecule has 0 saturated heterocycles. The van der Waals surface area contributed by atoms with Crippen molar-refractivity contribution in [2.75, 3.05) is 54.4 Å². The third-order valence-corrected chi connectivity index (χ3v) is 6.10. The molecule has 0 aromatic rings. The van der Waals surface area contributed by atoms with Crippen molar-refractivity contribution < 1.29 is 4.79 Å². The maximum Gasteiger partial charge on any atom is 0.222 e. The molecule has 0 aromatic heterocycles. The number of unbranched alkanes of at least 4 members (excludes halogenated alkanes) is 1. The van der Waals surface area contributed by atoms with E-state index in [0.29, 0.717) is 11.8 Å². The quantitative estimate of drug-likeness (QED) is 0.443. The molecule has 27 heavy (non-hydrogen) atoms. The van der Waals surface area contributed by atoms with Gasteiger partial charge in [-0.05, 0) is 72.4 Å². The van der Waals surface area contributed by atoms with E-state index >= 15 is 0 Å². The molecule has 4 heteroatoms. The predicted molar refractivity (Wildman–Crippen MR) is 117 cm³/mol. The molecule has 1 atom stereocenters. The van der Waals surface area contributed by atoms with Gasteiger partial charge < -0.3 is 14.7 Å². The first-order valence-electron chi connectivity index (χ1n) is 11.5. The van der Waals surface area contributed by atoms with Gasteiger partial charge in [0, 0.05) is 19.5 Å². The van der Waals surface area contributed by atoms with Crippen LogP contribution in [0.4, 0.5) is 0 Å². The molecular formula is C23H47N3O. The van der Waals surface area contributed by atoms with E-state index in [1.165, 1.54) is 51.4 Å². The highest BCUT2D eigenvalue weighted by Gasteiger charge is 2.27. The number of carbonyl (C=O) groups is 1. The fourth-order valence-corrected chi connectivity index (χ4v) is 4.45. The molecule has 0 bridgehead atoms.